The first kappa shape index (κ1) is 9.00. The number of nitrogens with two attached hydrogens (primary N) is 1. The summed E-state index contributed by atoms with van der Waals surface area (Å²) in [6.45, 7) is 0. The number of carbonyl (C=O) groups is 1. The van der Waals surface area contributed by atoms with Crippen molar-refractivity contribution in [1.29, 1.82) is 0 Å². The number of fused-ring (bicyclic) bond motifs is 1. The molecule has 3 N–H and O–H groups in total. The Morgan fingerprint density at radius 3 is 2.92 bits per heavy atom. The summed E-state index contributed by atoms with van der Waals surface area (Å²) < 4.78 is 0. The van der Waals surface area contributed by atoms with Gasteiger partial charge in [0.05, 0.1) is 6.42 Å². The smallest absolute Gasteiger partial charge is 0.305 e. The summed E-state index contributed by atoms with van der Waals surface area (Å²) in [6.07, 6.45) is 5.88. The molecule has 2 fully saturated rings. The Morgan fingerprint density at radius 2 is 2.23 bits per heavy atom. The van der Waals surface area contributed by atoms with Crippen LogP contribution in [0.2, 0.25) is 0 Å². The van der Waals surface area contributed by atoms with Gasteiger partial charge in [0.25, 0.3) is 0 Å². The molecule has 0 aromatic carbocycles. The molecular formula is C10H17NO2. The molecule has 3 unspecified atom stereocenters. The Balaban J connectivity index is 2.09. The van der Waals surface area contributed by atoms with Gasteiger partial charge >= 0.3 is 5.97 Å². The molecule has 0 saturated heterocycles. The van der Waals surface area contributed by atoms with Crippen LogP contribution in [0.4, 0.5) is 0 Å². The molecule has 74 valence electrons. The Bertz CT molecular complexity index is 229. The third-order valence-electron chi connectivity index (χ3n) is 3.86. The topological polar surface area (TPSA) is 63.3 Å². The zero-order chi connectivity index (χ0) is 9.47. The molecule has 2 aliphatic carbocycles. The van der Waals surface area contributed by atoms with Crippen molar-refractivity contribution in [3.63, 3.8) is 0 Å². The van der Waals surface area contributed by atoms with Crippen molar-refractivity contribution < 1.29 is 9.90 Å². The van der Waals surface area contributed by atoms with E-state index in [4.69, 9.17) is 10.8 Å². The highest BCUT2D eigenvalue weighted by molar-refractivity contribution is 5.68. The molecule has 0 spiro atoms. The van der Waals surface area contributed by atoms with Crippen molar-refractivity contribution in [2.75, 3.05) is 0 Å². The highest BCUT2D eigenvalue weighted by atomic mass is 16.4. The molecule has 0 bridgehead atoms. The van der Waals surface area contributed by atoms with Gasteiger partial charge in [0.1, 0.15) is 0 Å². The van der Waals surface area contributed by atoms with Crippen molar-refractivity contribution in [2.24, 2.45) is 17.6 Å². The van der Waals surface area contributed by atoms with Crippen molar-refractivity contribution in [3.05, 3.63) is 0 Å². The lowest BCUT2D eigenvalue weighted by atomic mass is 9.82. The van der Waals surface area contributed by atoms with E-state index in [0.717, 1.165) is 25.2 Å². The quantitative estimate of drug-likeness (QED) is 0.679. The minimum Gasteiger partial charge on any atom is -0.481 e. The number of carboxylic acid groups (broad SMARTS) is 1. The molecule has 3 heteroatoms. The Kier molecular flexibility index (Phi) is 2.06. The van der Waals surface area contributed by atoms with Crippen molar-refractivity contribution in [2.45, 2.75) is 44.1 Å². The Labute approximate surface area is 78.3 Å². The predicted octanol–water partition coefficient (Wildman–Crippen LogP) is 1.37. The minimum absolute atomic E-state index is 0.161. The molecule has 0 amide bonds. The van der Waals surface area contributed by atoms with E-state index in [1.807, 2.05) is 0 Å². The Hall–Kier alpha value is -0.570. The summed E-state index contributed by atoms with van der Waals surface area (Å²) >= 11 is 0. The summed E-state index contributed by atoms with van der Waals surface area (Å²) in [7, 11) is 0. The van der Waals surface area contributed by atoms with Crippen LogP contribution in [0.15, 0.2) is 0 Å². The van der Waals surface area contributed by atoms with Gasteiger partial charge in [-0.15, -0.1) is 0 Å². The second-order valence-corrected chi connectivity index (χ2v) is 4.64. The third-order valence-corrected chi connectivity index (χ3v) is 3.86. The van der Waals surface area contributed by atoms with Gasteiger partial charge < -0.3 is 10.8 Å². The number of hydrogen-bond acceptors (Lipinski definition) is 2. The van der Waals surface area contributed by atoms with Gasteiger partial charge in [-0.25, -0.2) is 0 Å². The fraction of sp³-hybridized carbons (Fsp3) is 0.900. The molecule has 3 nitrogen and oxygen atoms in total. The molecule has 13 heavy (non-hydrogen) atoms. The fourth-order valence-corrected chi connectivity index (χ4v) is 3.28. The Morgan fingerprint density at radius 1 is 1.46 bits per heavy atom. The molecule has 2 saturated carbocycles. The van der Waals surface area contributed by atoms with Crippen LogP contribution in [0.3, 0.4) is 0 Å². The van der Waals surface area contributed by atoms with Crippen LogP contribution in [0.25, 0.3) is 0 Å². The summed E-state index contributed by atoms with van der Waals surface area (Å²) in [5.74, 6) is 0.475. The second kappa shape index (κ2) is 2.98. The number of hydrogen-bond donors (Lipinski definition) is 2. The van der Waals surface area contributed by atoms with Gasteiger partial charge in [0.2, 0.25) is 0 Å². The van der Waals surface area contributed by atoms with Crippen molar-refractivity contribution in [1.82, 2.24) is 0 Å². The number of aliphatic carboxylic acids is 1. The summed E-state index contributed by atoms with van der Waals surface area (Å²) in [5.41, 5.74) is 5.78. The molecule has 0 aliphatic heterocycles. The molecule has 2 rings (SSSR count). The second-order valence-electron chi connectivity index (χ2n) is 4.64. The lowest BCUT2D eigenvalue weighted by molar-refractivity contribution is -0.138. The third kappa shape index (κ3) is 1.46. The summed E-state index contributed by atoms with van der Waals surface area (Å²) in [6, 6.07) is 0. The van der Waals surface area contributed by atoms with Crippen LogP contribution in [-0.2, 0) is 4.79 Å². The summed E-state index contributed by atoms with van der Waals surface area (Å²) in [5, 5.41) is 8.78. The van der Waals surface area contributed by atoms with Gasteiger partial charge in [-0.2, -0.15) is 0 Å². The molecule has 0 radical (unpaired) electrons. The van der Waals surface area contributed by atoms with E-state index in [-0.39, 0.29) is 12.0 Å². The fourth-order valence-electron chi connectivity index (χ4n) is 3.28. The highest BCUT2D eigenvalue weighted by Gasteiger charge is 2.48. The first-order chi connectivity index (χ1) is 6.12. The van der Waals surface area contributed by atoms with E-state index in [1.165, 1.54) is 12.8 Å². The van der Waals surface area contributed by atoms with Gasteiger partial charge in [-0.1, -0.05) is 12.8 Å². The number of rotatable bonds is 2. The summed E-state index contributed by atoms with van der Waals surface area (Å²) in [4.78, 5) is 10.7. The van der Waals surface area contributed by atoms with Gasteiger partial charge in [-0.05, 0) is 31.1 Å². The van der Waals surface area contributed by atoms with E-state index >= 15 is 0 Å². The maximum Gasteiger partial charge on any atom is 0.305 e. The maximum absolute atomic E-state index is 10.7. The van der Waals surface area contributed by atoms with Crippen LogP contribution >= 0.6 is 0 Å². The van der Waals surface area contributed by atoms with E-state index in [2.05, 4.69) is 0 Å². The van der Waals surface area contributed by atoms with Crippen LogP contribution in [0.1, 0.15) is 38.5 Å². The molecule has 0 aromatic rings. The lowest BCUT2D eigenvalue weighted by Crippen LogP contribution is -2.45. The monoisotopic (exact) mass is 183 g/mol. The lowest BCUT2D eigenvalue weighted by Gasteiger charge is -2.29. The van der Waals surface area contributed by atoms with Crippen molar-refractivity contribution >= 4 is 5.97 Å². The van der Waals surface area contributed by atoms with E-state index < -0.39 is 5.97 Å². The molecule has 0 aromatic heterocycles. The van der Waals surface area contributed by atoms with Gasteiger partial charge in [0, 0.05) is 5.54 Å². The van der Waals surface area contributed by atoms with Crippen LogP contribution in [0.5, 0.6) is 0 Å². The predicted molar refractivity (Wildman–Crippen MR) is 49.2 cm³/mol. The van der Waals surface area contributed by atoms with E-state index in [9.17, 15) is 4.79 Å². The maximum atomic E-state index is 10.7. The molecule has 0 heterocycles. The first-order valence-electron chi connectivity index (χ1n) is 5.12. The average Bonchev–Trinajstić information content (AvgIpc) is 2.54. The van der Waals surface area contributed by atoms with Gasteiger partial charge in [0.15, 0.2) is 0 Å². The molecule has 2 aliphatic rings. The van der Waals surface area contributed by atoms with E-state index in [0.29, 0.717) is 5.92 Å². The minimum atomic E-state index is -0.741. The van der Waals surface area contributed by atoms with Crippen LogP contribution in [0, 0.1) is 11.8 Å². The van der Waals surface area contributed by atoms with E-state index in [1.54, 1.807) is 0 Å². The average molecular weight is 183 g/mol. The SMILES string of the molecule is NC1(CC(=O)O)CCC2CCCC21. The van der Waals surface area contributed by atoms with Crippen molar-refractivity contribution in [3.8, 4) is 0 Å². The van der Waals surface area contributed by atoms with Crippen LogP contribution in [-0.4, -0.2) is 16.6 Å². The molecule has 3 atom stereocenters. The first-order valence-corrected chi connectivity index (χ1v) is 5.12. The van der Waals surface area contributed by atoms with Crippen LogP contribution < -0.4 is 5.73 Å². The zero-order valence-electron chi connectivity index (χ0n) is 7.83. The zero-order valence-corrected chi connectivity index (χ0v) is 7.83. The highest BCUT2D eigenvalue weighted by Crippen LogP contribution is 2.49. The standard InChI is InChI=1S/C10H17NO2/c11-10(6-9(12)13)5-4-7-2-1-3-8(7)10/h7-8H,1-6,11H2,(H,12,13). The number of carboxylic acids is 1. The normalized spacial score (nSPS) is 43.5. The van der Waals surface area contributed by atoms with Gasteiger partial charge in [-0.3, -0.25) is 4.79 Å². The largest absolute Gasteiger partial charge is 0.481 e. The molecular weight excluding hydrogens is 166 g/mol.